The minimum Gasteiger partial charge on any atom is -0.462 e. The number of carbonyl (C=O) groups is 2. The lowest BCUT2D eigenvalue weighted by molar-refractivity contribution is 0.0517. The number of ether oxygens (including phenoxy) is 2. The van der Waals surface area contributed by atoms with Crippen LogP contribution in [0.2, 0.25) is 0 Å². The van der Waals surface area contributed by atoms with E-state index in [-0.39, 0.29) is 11.9 Å². The van der Waals surface area contributed by atoms with Gasteiger partial charge in [0.25, 0.3) is 0 Å². The Morgan fingerprint density at radius 3 is 1.42 bits per heavy atom. The Balaban J connectivity index is 1.68. The molecular weight excluding hydrogens is 412 g/mol. The molecule has 7 heteroatoms. The lowest BCUT2D eigenvalue weighted by Crippen LogP contribution is -2.04. The molecule has 0 spiro atoms. The summed E-state index contributed by atoms with van der Waals surface area (Å²) in [6.45, 7) is 4.25. The Morgan fingerprint density at radius 1 is 0.677 bits per heavy atom. The van der Waals surface area contributed by atoms with Gasteiger partial charge in [0, 0.05) is 11.1 Å². The number of nitrogens with zero attached hydrogens (tertiary/aromatic N) is 2. The third kappa shape index (κ3) is 4.18. The molecule has 1 aromatic heterocycles. The highest BCUT2D eigenvalue weighted by Crippen LogP contribution is 2.34. The van der Waals surface area contributed by atoms with Crippen LogP contribution in [0.3, 0.4) is 0 Å². The lowest BCUT2D eigenvalue weighted by atomic mass is 9.97. The molecule has 3 aromatic carbocycles. The molecule has 6 nitrogen and oxygen atoms in total. The van der Waals surface area contributed by atoms with E-state index in [0.717, 1.165) is 45.0 Å². The van der Waals surface area contributed by atoms with Crippen molar-refractivity contribution in [2.45, 2.75) is 13.8 Å². The predicted octanol–water partition coefficient (Wildman–Crippen LogP) is 5.38. The monoisotopic (exact) mass is 432 g/mol. The number of aromatic nitrogens is 2. The van der Waals surface area contributed by atoms with Crippen LogP contribution in [0.15, 0.2) is 60.7 Å². The largest absolute Gasteiger partial charge is 0.462 e. The van der Waals surface area contributed by atoms with Gasteiger partial charge in [0.2, 0.25) is 0 Å². The summed E-state index contributed by atoms with van der Waals surface area (Å²) in [7, 11) is 0. The van der Waals surface area contributed by atoms with E-state index in [1.165, 1.54) is 0 Å². The van der Waals surface area contributed by atoms with Crippen molar-refractivity contribution in [2.75, 3.05) is 13.2 Å². The molecule has 0 aliphatic heterocycles. The predicted molar refractivity (Wildman–Crippen MR) is 120 cm³/mol. The zero-order valence-corrected chi connectivity index (χ0v) is 17.9. The Hall–Kier alpha value is -3.58. The maximum absolute atomic E-state index is 11.9. The molecule has 0 saturated carbocycles. The molecule has 31 heavy (non-hydrogen) atoms. The number of benzene rings is 3. The van der Waals surface area contributed by atoms with Gasteiger partial charge in [-0.15, -0.1) is 0 Å². The van der Waals surface area contributed by atoms with Crippen molar-refractivity contribution in [1.82, 2.24) is 8.75 Å². The quantitative estimate of drug-likeness (QED) is 0.381. The average Bonchev–Trinajstić information content (AvgIpc) is 3.29. The van der Waals surface area contributed by atoms with Gasteiger partial charge in [0.15, 0.2) is 0 Å². The molecule has 0 atom stereocenters. The van der Waals surface area contributed by atoms with Crippen LogP contribution in [-0.2, 0) is 9.47 Å². The fourth-order valence-corrected chi connectivity index (χ4v) is 3.91. The van der Waals surface area contributed by atoms with Crippen LogP contribution in [-0.4, -0.2) is 33.9 Å². The summed E-state index contributed by atoms with van der Waals surface area (Å²) in [5.74, 6) is -0.674. The molecule has 0 N–H and O–H groups in total. The second-order valence-corrected chi connectivity index (χ2v) is 7.25. The summed E-state index contributed by atoms with van der Waals surface area (Å²) in [4.78, 5) is 23.8. The van der Waals surface area contributed by atoms with Gasteiger partial charge in [-0.3, -0.25) is 0 Å². The number of rotatable bonds is 6. The Morgan fingerprint density at radius 2 is 1.06 bits per heavy atom. The van der Waals surface area contributed by atoms with Crippen LogP contribution in [0.1, 0.15) is 34.6 Å². The Kier molecular flexibility index (Phi) is 6.04. The van der Waals surface area contributed by atoms with Crippen molar-refractivity contribution in [1.29, 1.82) is 0 Å². The van der Waals surface area contributed by atoms with Crippen molar-refractivity contribution >= 4 is 34.7 Å². The molecule has 0 bridgehead atoms. The summed E-state index contributed by atoms with van der Waals surface area (Å²) in [6.07, 6.45) is 0. The van der Waals surface area contributed by atoms with Crippen molar-refractivity contribution < 1.29 is 19.1 Å². The topological polar surface area (TPSA) is 78.4 Å². The minimum absolute atomic E-state index is 0.337. The van der Waals surface area contributed by atoms with Gasteiger partial charge in [-0.25, -0.2) is 9.59 Å². The maximum atomic E-state index is 11.9. The third-order valence-electron chi connectivity index (χ3n) is 4.83. The van der Waals surface area contributed by atoms with Crippen LogP contribution in [0.4, 0.5) is 0 Å². The molecular formula is C24H20N2O4S. The molecule has 0 aliphatic carbocycles. The van der Waals surface area contributed by atoms with E-state index >= 15 is 0 Å². The average molecular weight is 433 g/mol. The van der Waals surface area contributed by atoms with Crippen LogP contribution in [0.5, 0.6) is 0 Å². The maximum Gasteiger partial charge on any atom is 0.338 e. The highest BCUT2D eigenvalue weighted by Gasteiger charge is 2.15. The van der Waals surface area contributed by atoms with E-state index in [9.17, 15) is 9.59 Å². The van der Waals surface area contributed by atoms with Gasteiger partial charge in [-0.2, -0.15) is 8.75 Å². The highest BCUT2D eigenvalue weighted by molar-refractivity contribution is 7.00. The molecule has 4 rings (SSSR count). The molecule has 1 heterocycles. The van der Waals surface area contributed by atoms with E-state index < -0.39 is 0 Å². The second kappa shape index (κ2) is 9.06. The standard InChI is InChI=1S/C24H20N2O4S/c1-3-29-23(27)17-9-5-15(6-10-17)19-13-14-20(22-21(19)25-31-26-22)16-7-11-18(12-8-16)24(28)30-4-2/h5-14H,3-4H2,1-2H3. The molecule has 0 radical (unpaired) electrons. The summed E-state index contributed by atoms with van der Waals surface area (Å²) in [5.41, 5.74) is 6.36. The first-order valence-electron chi connectivity index (χ1n) is 9.92. The van der Waals surface area contributed by atoms with Gasteiger partial charge in [-0.1, -0.05) is 36.4 Å². The van der Waals surface area contributed by atoms with Crippen LogP contribution < -0.4 is 0 Å². The summed E-state index contributed by atoms with van der Waals surface area (Å²) in [5, 5.41) is 0. The fourth-order valence-electron chi connectivity index (χ4n) is 3.33. The zero-order chi connectivity index (χ0) is 21.8. The highest BCUT2D eigenvalue weighted by atomic mass is 32.1. The van der Waals surface area contributed by atoms with Gasteiger partial charge in [0.1, 0.15) is 11.0 Å². The summed E-state index contributed by atoms with van der Waals surface area (Å²) in [6, 6.07) is 18.5. The molecule has 156 valence electrons. The molecule has 0 aliphatic rings. The molecule has 0 fully saturated rings. The van der Waals surface area contributed by atoms with E-state index in [1.54, 1.807) is 38.1 Å². The Labute approximate surface area is 183 Å². The first-order valence-corrected chi connectivity index (χ1v) is 10.7. The number of hydrogen-bond acceptors (Lipinski definition) is 7. The number of carbonyl (C=O) groups excluding carboxylic acids is 2. The van der Waals surface area contributed by atoms with E-state index in [2.05, 4.69) is 8.75 Å². The first kappa shape index (κ1) is 20.7. The van der Waals surface area contributed by atoms with Crippen molar-refractivity contribution in [3.63, 3.8) is 0 Å². The second-order valence-electron chi connectivity index (χ2n) is 6.72. The minimum atomic E-state index is -0.337. The van der Waals surface area contributed by atoms with Crippen molar-refractivity contribution in [3.8, 4) is 22.3 Å². The van der Waals surface area contributed by atoms with Gasteiger partial charge in [-0.05, 0) is 49.2 Å². The zero-order valence-electron chi connectivity index (χ0n) is 17.1. The van der Waals surface area contributed by atoms with Crippen molar-refractivity contribution in [2.24, 2.45) is 0 Å². The van der Waals surface area contributed by atoms with Crippen LogP contribution in [0, 0.1) is 0 Å². The number of hydrogen-bond donors (Lipinski definition) is 0. The lowest BCUT2D eigenvalue weighted by Gasteiger charge is -2.09. The summed E-state index contributed by atoms with van der Waals surface area (Å²) < 4.78 is 19.1. The van der Waals surface area contributed by atoms with Crippen LogP contribution >= 0.6 is 11.7 Å². The molecule has 0 saturated heterocycles. The molecule has 0 amide bonds. The van der Waals surface area contributed by atoms with Crippen LogP contribution in [0.25, 0.3) is 33.3 Å². The Bertz CT molecular complexity index is 1140. The molecule has 0 unspecified atom stereocenters. The SMILES string of the molecule is CCOC(=O)c1ccc(-c2ccc(-c3ccc(C(=O)OCC)cc3)c3nsnc23)cc1. The van der Waals surface area contributed by atoms with Gasteiger partial charge >= 0.3 is 11.9 Å². The van der Waals surface area contributed by atoms with E-state index in [4.69, 9.17) is 9.47 Å². The van der Waals surface area contributed by atoms with E-state index in [0.29, 0.717) is 24.3 Å². The van der Waals surface area contributed by atoms with Crippen molar-refractivity contribution in [3.05, 3.63) is 71.8 Å². The first-order chi connectivity index (χ1) is 15.1. The smallest absolute Gasteiger partial charge is 0.338 e. The number of esters is 2. The fraction of sp³-hybridized carbons (Fsp3) is 0.167. The van der Waals surface area contributed by atoms with Gasteiger partial charge in [0.05, 0.1) is 36.1 Å². The van der Waals surface area contributed by atoms with E-state index in [1.807, 2.05) is 36.4 Å². The molecule has 4 aromatic rings. The van der Waals surface area contributed by atoms with Gasteiger partial charge < -0.3 is 9.47 Å². The number of fused-ring (bicyclic) bond motifs is 1. The summed E-state index contributed by atoms with van der Waals surface area (Å²) >= 11 is 1.15. The normalized spacial score (nSPS) is 10.8. The third-order valence-corrected chi connectivity index (χ3v) is 5.36.